The third kappa shape index (κ3) is 6.56. The third-order valence-corrected chi connectivity index (χ3v) is 5.92. The number of allylic oxidation sites excluding steroid dienone is 1. The number of aryl methyl sites for hydroxylation is 1. The standard InChI is InChI=1S/C22H26FN3O2S/c1-15-19(13-20(27)24-12-11-16-5-3-2-4-6-16)21(28)26-22(25-15)29-14-17-7-9-18(23)10-8-17/h5,7-10H,2-4,6,11-14H2,1H3,(H,24,27)(H,25,26,28). The summed E-state index contributed by atoms with van der Waals surface area (Å²) in [4.78, 5) is 31.8. The van der Waals surface area contributed by atoms with E-state index in [0.29, 0.717) is 28.7 Å². The quantitative estimate of drug-likeness (QED) is 0.387. The van der Waals surface area contributed by atoms with E-state index in [1.165, 1.54) is 42.3 Å². The van der Waals surface area contributed by atoms with Gasteiger partial charge >= 0.3 is 0 Å². The largest absolute Gasteiger partial charge is 0.355 e. The molecule has 1 aromatic heterocycles. The molecule has 0 unspecified atom stereocenters. The van der Waals surface area contributed by atoms with Gasteiger partial charge in [-0.1, -0.05) is 35.5 Å². The van der Waals surface area contributed by atoms with Crippen molar-refractivity contribution in [3.05, 3.63) is 68.9 Å². The monoisotopic (exact) mass is 415 g/mol. The van der Waals surface area contributed by atoms with E-state index < -0.39 is 0 Å². The number of amides is 1. The van der Waals surface area contributed by atoms with Gasteiger partial charge in [0, 0.05) is 23.6 Å². The van der Waals surface area contributed by atoms with E-state index in [-0.39, 0.29) is 23.7 Å². The van der Waals surface area contributed by atoms with Gasteiger partial charge in [-0.15, -0.1) is 0 Å². The van der Waals surface area contributed by atoms with Crippen LogP contribution in [-0.4, -0.2) is 22.4 Å². The second kappa shape index (κ2) is 10.4. The Morgan fingerprint density at radius 2 is 2.07 bits per heavy atom. The molecule has 1 aromatic carbocycles. The minimum atomic E-state index is -0.288. The molecule has 7 heteroatoms. The van der Waals surface area contributed by atoms with Crippen molar-refractivity contribution in [2.45, 2.75) is 56.4 Å². The first kappa shape index (κ1) is 21.3. The van der Waals surface area contributed by atoms with Gasteiger partial charge in [0.2, 0.25) is 5.91 Å². The number of thioether (sulfide) groups is 1. The summed E-state index contributed by atoms with van der Waals surface area (Å²) in [5, 5.41) is 3.39. The highest BCUT2D eigenvalue weighted by atomic mass is 32.2. The van der Waals surface area contributed by atoms with E-state index >= 15 is 0 Å². The van der Waals surface area contributed by atoms with Gasteiger partial charge in [0.15, 0.2) is 5.16 Å². The van der Waals surface area contributed by atoms with Crippen molar-refractivity contribution < 1.29 is 9.18 Å². The number of H-pyrrole nitrogens is 1. The van der Waals surface area contributed by atoms with Gasteiger partial charge in [-0.3, -0.25) is 9.59 Å². The summed E-state index contributed by atoms with van der Waals surface area (Å²) in [7, 11) is 0. The van der Waals surface area contributed by atoms with E-state index in [9.17, 15) is 14.0 Å². The van der Waals surface area contributed by atoms with Gasteiger partial charge in [0.05, 0.1) is 6.42 Å². The second-order valence-corrected chi connectivity index (χ2v) is 8.20. The maximum atomic E-state index is 13.0. The van der Waals surface area contributed by atoms with Crippen LogP contribution in [0.25, 0.3) is 0 Å². The fourth-order valence-electron chi connectivity index (χ4n) is 3.31. The number of nitrogens with zero attached hydrogens (tertiary/aromatic N) is 1. The Morgan fingerprint density at radius 3 is 2.76 bits per heavy atom. The van der Waals surface area contributed by atoms with Gasteiger partial charge in [0.25, 0.3) is 5.56 Å². The van der Waals surface area contributed by atoms with Crippen LogP contribution in [0.3, 0.4) is 0 Å². The van der Waals surface area contributed by atoms with Crippen LogP contribution in [0.15, 0.2) is 45.9 Å². The Labute approximate surface area is 174 Å². The lowest BCUT2D eigenvalue weighted by Gasteiger charge is -2.13. The first-order valence-electron chi connectivity index (χ1n) is 9.93. The van der Waals surface area contributed by atoms with Crippen LogP contribution in [0.2, 0.25) is 0 Å². The first-order chi connectivity index (χ1) is 14.0. The van der Waals surface area contributed by atoms with Crippen molar-refractivity contribution in [1.82, 2.24) is 15.3 Å². The van der Waals surface area contributed by atoms with E-state index in [2.05, 4.69) is 21.4 Å². The van der Waals surface area contributed by atoms with Gasteiger partial charge < -0.3 is 10.3 Å². The molecular formula is C22H26FN3O2S. The minimum Gasteiger partial charge on any atom is -0.355 e. The van der Waals surface area contributed by atoms with Crippen molar-refractivity contribution in [2.24, 2.45) is 0 Å². The summed E-state index contributed by atoms with van der Waals surface area (Å²) < 4.78 is 13.0. The normalized spacial score (nSPS) is 13.8. The molecule has 0 fully saturated rings. The molecule has 2 aromatic rings. The SMILES string of the molecule is Cc1nc(SCc2ccc(F)cc2)[nH]c(=O)c1CC(=O)NCCC1=CCCCC1. The average molecular weight is 416 g/mol. The number of benzene rings is 1. The number of halogens is 1. The number of aromatic amines is 1. The molecule has 154 valence electrons. The molecular weight excluding hydrogens is 389 g/mol. The maximum absolute atomic E-state index is 13.0. The molecule has 0 saturated carbocycles. The molecule has 0 bridgehead atoms. The Balaban J connectivity index is 1.52. The predicted molar refractivity (Wildman–Crippen MR) is 113 cm³/mol. The topological polar surface area (TPSA) is 74.8 Å². The Kier molecular flexibility index (Phi) is 7.63. The Hall–Kier alpha value is -2.41. The molecule has 1 aliphatic rings. The molecule has 29 heavy (non-hydrogen) atoms. The average Bonchev–Trinajstić information content (AvgIpc) is 2.71. The van der Waals surface area contributed by atoms with Gasteiger partial charge in [-0.05, 0) is 56.7 Å². The zero-order chi connectivity index (χ0) is 20.6. The lowest BCUT2D eigenvalue weighted by atomic mass is 9.97. The third-order valence-electron chi connectivity index (χ3n) is 4.98. The molecule has 0 aliphatic heterocycles. The Bertz CT molecular complexity index is 938. The summed E-state index contributed by atoms with van der Waals surface area (Å²) in [5.74, 6) is 0.126. The van der Waals surface area contributed by atoms with Crippen LogP contribution in [0, 0.1) is 12.7 Å². The van der Waals surface area contributed by atoms with E-state index in [1.54, 1.807) is 19.1 Å². The lowest BCUT2D eigenvalue weighted by Crippen LogP contribution is -2.30. The Morgan fingerprint density at radius 1 is 1.28 bits per heavy atom. The molecule has 3 rings (SSSR count). The fraction of sp³-hybridized carbons (Fsp3) is 0.409. The van der Waals surface area contributed by atoms with Crippen LogP contribution < -0.4 is 10.9 Å². The van der Waals surface area contributed by atoms with Crippen molar-refractivity contribution in [2.75, 3.05) is 6.54 Å². The molecule has 5 nitrogen and oxygen atoms in total. The number of rotatable bonds is 8. The highest BCUT2D eigenvalue weighted by Gasteiger charge is 2.13. The molecule has 1 amide bonds. The van der Waals surface area contributed by atoms with Gasteiger partial charge in [0.1, 0.15) is 5.82 Å². The van der Waals surface area contributed by atoms with E-state index in [1.807, 2.05) is 0 Å². The summed E-state index contributed by atoms with van der Waals surface area (Å²) in [6.07, 6.45) is 7.91. The molecule has 0 atom stereocenters. The number of hydrogen-bond donors (Lipinski definition) is 2. The van der Waals surface area contributed by atoms with Crippen LogP contribution in [-0.2, 0) is 17.0 Å². The van der Waals surface area contributed by atoms with Crippen molar-refractivity contribution >= 4 is 17.7 Å². The predicted octanol–water partition coefficient (Wildman–Crippen LogP) is 4.06. The second-order valence-electron chi connectivity index (χ2n) is 7.24. The summed E-state index contributed by atoms with van der Waals surface area (Å²) in [6, 6.07) is 6.22. The fourth-order valence-corrected chi connectivity index (χ4v) is 4.17. The summed E-state index contributed by atoms with van der Waals surface area (Å²) in [6.45, 7) is 2.34. The highest BCUT2D eigenvalue weighted by Crippen LogP contribution is 2.20. The first-order valence-corrected chi connectivity index (χ1v) is 10.9. The summed E-state index contributed by atoms with van der Waals surface area (Å²) >= 11 is 1.37. The van der Waals surface area contributed by atoms with E-state index in [4.69, 9.17) is 0 Å². The van der Waals surface area contributed by atoms with Gasteiger partial charge in [-0.25, -0.2) is 9.37 Å². The van der Waals surface area contributed by atoms with Gasteiger partial charge in [-0.2, -0.15) is 0 Å². The lowest BCUT2D eigenvalue weighted by molar-refractivity contribution is -0.120. The molecule has 0 radical (unpaired) electrons. The molecule has 2 N–H and O–H groups in total. The van der Waals surface area contributed by atoms with E-state index in [0.717, 1.165) is 24.8 Å². The maximum Gasteiger partial charge on any atom is 0.255 e. The number of aromatic nitrogens is 2. The zero-order valence-electron chi connectivity index (χ0n) is 16.6. The molecule has 0 spiro atoms. The number of carbonyl (C=O) groups excluding carboxylic acids is 1. The number of carbonyl (C=O) groups is 1. The van der Waals surface area contributed by atoms with Crippen molar-refractivity contribution in [3.8, 4) is 0 Å². The zero-order valence-corrected chi connectivity index (χ0v) is 17.4. The smallest absolute Gasteiger partial charge is 0.255 e. The van der Waals surface area contributed by atoms with Crippen LogP contribution in [0.4, 0.5) is 4.39 Å². The van der Waals surface area contributed by atoms with Crippen LogP contribution in [0.5, 0.6) is 0 Å². The molecule has 1 heterocycles. The number of hydrogen-bond acceptors (Lipinski definition) is 4. The molecule has 1 aliphatic carbocycles. The molecule has 0 saturated heterocycles. The minimum absolute atomic E-state index is 0.0239. The number of nitrogens with one attached hydrogen (secondary N) is 2. The highest BCUT2D eigenvalue weighted by molar-refractivity contribution is 7.98. The van der Waals surface area contributed by atoms with Crippen LogP contribution in [0.1, 0.15) is 48.9 Å². The summed E-state index contributed by atoms with van der Waals surface area (Å²) in [5.41, 5.74) is 3.01. The van der Waals surface area contributed by atoms with Crippen LogP contribution >= 0.6 is 11.8 Å². The van der Waals surface area contributed by atoms with Crippen molar-refractivity contribution in [3.63, 3.8) is 0 Å². The van der Waals surface area contributed by atoms with Crippen molar-refractivity contribution in [1.29, 1.82) is 0 Å².